The summed E-state index contributed by atoms with van der Waals surface area (Å²) in [6, 6.07) is 16.2. The van der Waals surface area contributed by atoms with Crippen LogP contribution in [-0.4, -0.2) is 34.2 Å². The van der Waals surface area contributed by atoms with Crippen molar-refractivity contribution in [3.8, 4) is 22.7 Å². The third kappa shape index (κ3) is 5.17. The second-order valence-electron chi connectivity index (χ2n) is 8.06. The molecule has 0 spiro atoms. The predicted octanol–water partition coefficient (Wildman–Crippen LogP) is 3.71. The van der Waals surface area contributed by atoms with E-state index in [1.807, 2.05) is 54.6 Å². The van der Waals surface area contributed by atoms with Gasteiger partial charge < -0.3 is 4.74 Å². The minimum atomic E-state index is -0.838. The Hall–Kier alpha value is -4.20. The highest BCUT2D eigenvalue weighted by Crippen LogP contribution is 2.28. The smallest absolute Gasteiger partial charge is 0.328 e. The highest BCUT2D eigenvalue weighted by atomic mass is 16.5. The topological polar surface area (TPSA) is 102 Å². The molecular formula is C25H24N4O4. The zero-order valence-electron chi connectivity index (χ0n) is 18.4. The van der Waals surface area contributed by atoms with Crippen molar-refractivity contribution < 1.29 is 19.1 Å². The van der Waals surface area contributed by atoms with Crippen LogP contribution in [0, 0.1) is 5.92 Å². The van der Waals surface area contributed by atoms with E-state index in [1.54, 1.807) is 10.9 Å². The van der Waals surface area contributed by atoms with Crippen molar-refractivity contribution in [2.75, 3.05) is 6.61 Å². The molecule has 168 valence electrons. The molecule has 1 saturated heterocycles. The number of imide groups is 2. The fraction of sp³-hybridized carbons (Fsp3) is 0.200. The number of urea groups is 1. The van der Waals surface area contributed by atoms with Gasteiger partial charge in [-0.15, -0.1) is 0 Å². The molecule has 2 aromatic carbocycles. The van der Waals surface area contributed by atoms with Crippen molar-refractivity contribution in [1.82, 2.24) is 20.4 Å². The van der Waals surface area contributed by atoms with Crippen molar-refractivity contribution >= 4 is 23.9 Å². The number of hydrogen-bond acceptors (Lipinski definition) is 5. The summed E-state index contributed by atoms with van der Waals surface area (Å²) in [6.07, 6.45) is 4.14. The van der Waals surface area contributed by atoms with Crippen LogP contribution in [0.3, 0.4) is 0 Å². The SMILES string of the molecule is CC(C)CCOc1ccc(-c2nn(-c3ccccc3)cc2C=C2C(=O)NC(=O)NC2=O)cc1. The number of nitrogens with one attached hydrogen (secondary N) is 2. The first-order valence-electron chi connectivity index (χ1n) is 10.7. The number of hydrogen-bond donors (Lipinski definition) is 2. The number of carbonyl (C=O) groups excluding carboxylic acids is 3. The third-order valence-corrected chi connectivity index (χ3v) is 5.10. The van der Waals surface area contributed by atoms with Gasteiger partial charge >= 0.3 is 6.03 Å². The molecule has 8 heteroatoms. The van der Waals surface area contributed by atoms with Crippen LogP contribution in [-0.2, 0) is 9.59 Å². The van der Waals surface area contributed by atoms with E-state index in [4.69, 9.17) is 9.84 Å². The van der Waals surface area contributed by atoms with Crippen LogP contribution in [0.25, 0.3) is 23.0 Å². The van der Waals surface area contributed by atoms with E-state index in [-0.39, 0.29) is 5.57 Å². The Kier molecular flexibility index (Phi) is 6.35. The van der Waals surface area contributed by atoms with Crippen LogP contribution in [0.15, 0.2) is 66.4 Å². The molecule has 2 heterocycles. The zero-order chi connectivity index (χ0) is 23.4. The molecule has 8 nitrogen and oxygen atoms in total. The average molecular weight is 444 g/mol. The van der Waals surface area contributed by atoms with Crippen molar-refractivity contribution in [1.29, 1.82) is 0 Å². The summed E-state index contributed by atoms with van der Waals surface area (Å²) >= 11 is 0. The molecule has 1 fully saturated rings. The number of ether oxygens (including phenoxy) is 1. The summed E-state index contributed by atoms with van der Waals surface area (Å²) in [5.74, 6) is -0.190. The Morgan fingerprint density at radius 2 is 1.64 bits per heavy atom. The lowest BCUT2D eigenvalue weighted by Gasteiger charge is -2.13. The number of barbiturate groups is 1. The van der Waals surface area contributed by atoms with Gasteiger partial charge in [-0.2, -0.15) is 5.10 Å². The molecule has 0 aliphatic carbocycles. The molecule has 0 saturated carbocycles. The van der Waals surface area contributed by atoms with Crippen LogP contribution in [0.4, 0.5) is 4.79 Å². The van der Waals surface area contributed by atoms with E-state index in [0.717, 1.165) is 23.4 Å². The lowest BCUT2D eigenvalue weighted by Crippen LogP contribution is -2.51. The largest absolute Gasteiger partial charge is 0.494 e. The normalized spacial score (nSPS) is 13.7. The third-order valence-electron chi connectivity index (χ3n) is 5.10. The molecule has 4 rings (SSSR count). The van der Waals surface area contributed by atoms with E-state index in [2.05, 4.69) is 24.5 Å². The number of carbonyl (C=O) groups is 3. The van der Waals surface area contributed by atoms with Crippen LogP contribution in [0.1, 0.15) is 25.8 Å². The maximum atomic E-state index is 12.2. The molecule has 1 aliphatic rings. The predicted molar refractivity (Wildman–Crippen MR) is 124 cm³/mol. The molecule has 4 amide bonds. The highest BCUT2D eigenvalue weighted by Gasteiger charge is 2.28. The summed E-state index contributed by atoms with van der Waals surface area (Å²) in [6.45, 7) is 4.93. The maximum absolute atomic E-state index is 12.2. The molecule has 33 heavy (non-hydrogen) atoms. The average Bonchev–Trinajstić information content (AvgIpc) is 3.21. The molecule has 1 aromatic heterocycles. The Balaban J connectivity index is 1.70. The van der Waals surface area contributed by atoms with Gasteiger partial charge in [-0.1, -0.05) is 32.0 Å². The van der Waals surface area contributed by atoms with Gasteiger partial charge in [0.1, 0.15) is 11.3 Å². The van der Waals surface area contributed by atoms with Gasteiger partial charge in [-0.05, 0) is 54.8 Å². The number of benzene rings is 2. The Morgan fingerprint density at radius 1 is 0.970 bits per heavy atom. The number of amides is 4. The number of para-hydroxylation sites is 1. The van der Waals surface area contributed by atoms with Crippen molar-refractivity contribution in [3.63, 3.8) is 0 Å². The fourth-order valence-corrected chi connectivity index (χ4v) is 3.31. The van der Waals surface area contributed by atoms with Gasteiger partial charge in [0.15, 0.2) is 0 Å². The van der Waals surface area contributed by atoms with E-state index in [1.165, 1.54) is 6.08 Å². The monoisotopic (exact) mass is 444 g/mol. The first-order chi connectivity index (χ1) is 15.9. The van der Waals surface area contributed by atoms with Crippen molar-refractivity contribution in [2.24, 2.45) is 5.92 Å². The summed E-state index contributed by atoms with van der Waals surface area (Å²) < 4.78 is 7.48. The van der Waals surface area contributed by atoms with Crippen molar-refractivity contribution in [3.05, 3.63) is 71.9 Å². The van der Waals surface area contributed by atoms with E-state index >= 15 is 0 Å². The van der Waals surface area contributed by atoms with Gasteiger partial charge in [0.25, 0.3) is 11.8 Å². The molecule has 2 N–H and O–H groups in total. The minimum Gasteiger partial charge on any atom is -0.494 e. The van der Waals surface area contributed by atoms with Gasteiger partial charge in [0.05, 0.1) is 18.0 Å². The standard InChI is InChI=1S/C25H24N4O4/c1-16(2)12-13-33-20-10-8-17(9-11-20)22-18(14-21-23(30)26-25(32)27-24(21)31)15-29(28-22)19-6-4-3-5-7-19/h3-11,14-16H,12-13H2,1-2H3,(H2,26,27,30,31,32). The minimum absolute atomic E-state index is 0.169. The fourth-order valence-electron chi connectivity index (χ4n) is 3.31. The number of rotatable bonds is 7. The molecule has 0 radical (unpaired) electrons. The molecule has 0 atom stereocenters. The number of nitrogens with zero attached hydrogens (tertiary/aromatic N) is 2. The van der Waals surface area contributed by atoms with Gasteiger partial charge in [0.2, 0.25) is 0 Å². The van der Waals surface area contributed by atoms with Gasteiger partial charge in [-0.25, -0.2) is 9.48 Å². The lowest BCUT2D eigenvalue weighted by atomic mass is 10.0. The van der Waals surface area contributed by atoms with E-state index in [0.29, 0.717) is 23.8 Å². The first kappa shape index (κ1) is 22.0. The summed E-state index contributed by atoms with van der Waals surface area (Å²) in [5.41, 5.74) is 2.59. The lowest BCUT2D eigenvalue weighted by molar-refractivity contribution is -0.123. The van der Waals surface area contributed by atoms with Gasteiger partial charge in [-0.3, -0.25) is 20.2 Å². The Bertz CT molecular complexity index is 1190. The molecule has 1 aliphatic heterocycles. The number of aromatic nitrogens is 2. The van der Waals surface area contributed by atoms with Crippen LogP contribution >= 0.6 is 0 Å². The Morgan fingerprint density at radius 3 is 2.27 bits per heavy atom. The Labute approximate surface area is 191 Å². The summed E-state index contributed by atoms with van der Waals surface area (Å²) in [4.78, 5) is 35.8. The highest BCUT2D eigenvalue weighted by molar-refractivity contribution is 6.31. The molecule has 0 bridgehead atoms. The molecule has 3 aromatic rings. The van der Waals surface area contributed by atoms with Crippen LogP contribution < -0.4 is 15.4 Å². The van der Waals surface area contributed by atoms with Crippen LogP contribution in [0.5, 0.6) is 5.75 Å². The second-order valence-corrected chi connectivity index (χ2v) is 8.06. The summed E-state index contributed by atoms with van der Waals surface area (Å²) in [7, 11) is 0. The van der Waals surface area contributed by atoms with E-state index < -0.39 is 17.8 Å². The van der Waals surface area contributed by atoms with Crippen LogP contribution in [0.2, 0.25) is 0 Å². The summed E-state index contributed by atoms with van der Waals surface area (Å²) in [5, 5.41) is 8.88. The van der Waals surface area contributed by atoms with Gasteiger partial charge in [0, 0.05) is 17.3 Å². The zero-order valence-corrected chi connectivity index (χ0v) is 18.4. The van der Waals surface area contributed by atoms with Crippen molar-refractivity contribution in [2.45, 2.75) is 20.3 Å². The maximum Gasteiger partial charge on any atom is 0.328 e. The molecule has 0 unspecified atom stereocenters. The quantitative estimate of drug-likeness (QED) is 0.427. The van der Waals surface area contributed by atoms with E-state index in [9.17, 15) is 14.4 Å². The first-order valence-corrected chi connectivity index (χ1v) is 10.7. The molecular weight excluding hydrogens is 420 g/mol. The second kappa shape index (κ2) is 9.52.